The molecule has 0 bridgehead atoms. The van der Waals surface area contributed by atoms with Crippen LogP contribution < -0.4 is 0 Å². The van der Waals surface area contributed by atoms with E-state index < -0.39 is 0 Å². The molecule has 0 aliphatic heterocycles. The van der Waals surface area contributed by atoms with Gasteiger partial charge >= 0.3 is 0 Å². The first-order valence-electron chi connectivity index (χ1n) is 7.42. The molecule has 2 aromatic carbocycles. The lowest BCUT2D eigenvalue weighted by molar-refractivity contribution is 0.469. The predicted molar refractivity (Wildman–Crippen MR) is 88.7 cm³/mol. The van der Waals surface area contributed by atoms with Crippen LogP contribution in [0.1, 0.15) is 28.1 Å². The first-order chi connectivity index (χ1) is 11.1. The van der Waals surface area contributed by atoms with Crippen LogP contribution in [0.2, 0.25) is 0 Å². The number of phenols is 1. The van der Waals surface area contributed by atoms with Crippen molar-refractivity contribution in [3.05, 3.63) is 76.6 Å². The monoisotopic (exact) mass is 303 g/mol. The third kappa shape index (κ3) is 2.82. The molecule has 0 unspecified atom stereocenters. The van der Waals surface area contributed by atoms with Crippen LogP contribution in [0, 0.1) is 25.2 Å². The lowest BCUT2D eigenvalue weighted by Crippen LogP contribution is -2.00. The number of phenolic OH excluding ortho intramolecular Hbond substituents is 1. The summed E-state index contributed by atoms with van der Waals surface area (Å²) in [5.74, 6) is 0.303. The van der Waals surface area contributed by atoms with Crippen LogP contribution >= 0.6 is 0 Å². The van der Waals surface area contributed by atoms with Gasteiger partial charge in [-0.3, -0.25) is 0 Å². The molecular formula is C19H17N3O. The minimum atomic E-state index is 0.303. The normalized spacial score (nSPS) is 10.5. The molecule has 0 aliphatic rings. The molecule has 3 rings (SSSR count). The molecule has 1 aromatic heterocycles. The van der Waals surface area contributed by atoms with E-state index in [9.17, 15) is 5.11 Å². The Labute approximate surface area is 135 Å². The Bertz CT molecular complexity index is 886. The Morgan fingerprint density at radius 2 is 1.78 bits per heavy atom. The quantitative estimate of drug-likeness (QED) is 0.803. The number of aromatic hydroxyl groups is 1. The third-order valence-electron chi connectivity index (χ3n) is 4.04. The number of nitriles is 1. The molecule has 114 valence electrons. The van der Waals surface area contributed by atoms with Crippen molar-refractivity contribution in [2.45, 2.75) is 20.3 Å². The van der Waals surface area contributed by atoms with Crippen molar-refractivity contribution < 1.29 is 5.11 Å². The van der Waals surface area contributed by atoms with Crippen molar-refractivity contribution in [1.82, 2.24) is 9.78 Å². The highest BCUT2D eigenvalue weighted by Crippen LogP contribution is 2.25. The molecule has 3 aromatic rings. The first kappa shape index (κ1) is 14.9. The summed E-state index contributed by atoms with van der Waals surface area (Å²) in [5.41, 5.74) is 5.53. The molecule has 0 saturated heterocycles. The van der Waals surface area contributed by atoms with Gasteiger partial charge in [0, 0.05) is 17.7 Å². The van der Waals surface area contributed by atoms with Gasteiger partial charge in [-0.05, 0) is 49.7 Å². The van der Waals surface area contributed by atoms with E-state index in [1.54, 1.807) is 18.2 Å². The zero-order valence-corrected chi connectivity index (χ0v) is 13.1. The van der Waals surface area contributed by atoms with Crippen LogP contribution in [-0.2, 0) is 6.42 Å². The van der Waals surface area contributed by atoms with Crippen LogP contribution in [-0.4, -0.2) is 14.9 Å². The maximum absolute atomic E-state index is 9.98. The molecule has 0 spiro atoms. The van der Waals surface area contributed by atoms with Gasteiger partial charge in [0.15, 0.2) is 0 Å². The maximum atomic E-state index is 9.98. The van der Waals surface area contributed by atoms with E-state index in [4.69, 9.17) is 5.26 Å². The number of hydrogen-bond acceptors (Lipinski definition) is 3. The van der Waals surface area contributed by atoms with Crippen molar-refractivity contribution in [3.63, 3.8) is 0 Å². The fourth-order valence-corrected chi connectivity index (χ4v) is 2.71. The van der Waals surface area contributed by atoms with Crippen molar-refractivity contribution in [2.24, 2.45) is 0 Å². The standard InChI is InChI=1S/C19H17N3O/c1-13-18(11-16-5-3-4-6-19(16)23)14(2)22(21-13)17-9-7-15(12-20)8-10-17/h3-10,23H,11H2,1-2H3. The van der Waals surface area contributed by atoms with Gasteiger partial charge < -0.3 is 5.11 Å². The van der Waals surface area contributed by atoms with Gasteiger partial charge in [0.2, 0.25) is 0 Å². The minimum absolute atomic E-state index is 0.303. The average molecular weight is 303 g/mol. The molecule has 0 aliphatic carbocycles. The number of para-hydroxylation sites is 1. The minimum Gasteiger partial charge on any atom is -0.508 e. The van der Waals surface area contributed by atoms with Gasteiger partial charge in [0.25, 0.3) is 0 Å². The lowest BCUT2D eigenvalue weighted by Gasteiger charge is -2.07. The second-order valence-corrected chi connectivity index (χ2v) is 5.53. The molecule has 4 nitrogen and oxygen atoms in total. The van der Waals surface area contributed by atoms with Crippen LogP contribution in [0.25, 0.3) is 5.69 Å². The highest BCUT2D eigenvalue weighted by Gasteiger charge is 2.14. The van der Waals surface area contributed by atoms with Crippen molar-refractivity contribution in [1.29, 1.82) is 5.26 Å². The Kier molecular flexibility index (Phi) is 3.86. The number of aryl methyl sites for hydroxylation is 1. The van der Waals surface area contributed by atoms with Gasteiger partial charge in [0.05, 0.1) is 23.0 Å². The van der Waals surface area contributed by atoms with E-state index >= 15 is 0 Å². The largest absolute Gasteiger partial charge is 0.508 e. The Morgan fingerprint density at radius 1 is 1.09 bits per heavy atom. The maximum Gasteiger partial charge on any atom is 0.119 e. The van der Waals surface area contributed by atoms with E-state index in [1.807, 2.05) is 48.9 Å². The number of benzene rings is 2. The number of aromatic nitrogens is 2. The summed E-state index contributed by atoms with van der Waals surface area (Å²) < 4.78 is 1.88. The fourth-order valence-electron chi connectivity index (χ4n) is 2.71. The summed E-state index contributed by atoms with van der Waals surface area (Å²) in [5, 5.41) is 23.5. The van der Waals surface area contributed by atoms with Gasteiger partial charge in [-0.25, -0.2) is 4.68 Å². The zero-order valence-electron chi connectivity index (χ0n) is 13.1. The molecule has 1 heterocycles. The zero-order chi connectivity index (χ0) is 16.4. The van der Waals surface area contributed by atoms with E-state index in [-0.39, 0.29) is 0 Å². The Balaban J connectivity index is 1.99. The van der Waals surface area contributed by atoms with Crippen LogP contribution in [0.15, 0.2) is 48.5 Å². The van der Waals surface area contributed by atoms with Crippen molar-refractivity contribution in [3.8, 4) is 17.5 Å². The second-order valence-electron chi connectivity index (χ2n) is 5.53. The summed E-state index contributed by atoms with van der Waals surface area (Å²) in [6, 6.07) is 16.8. The molecule has 0 radical (unpaired) electrons. The van der Waals surface area contributed by atoms with E-state index in [2.05, 4.69) is 11.2 Å². The molecule has 0 fully saturated rings. The van der Waals surface area contributed by atoms with Crippen LogP contribution in [0.3, 0.4) is 0 Å². The third-order valence-corrected chi connectivity index (χ3v) is 4.04. The fraction of sp³-hybridized carbons (Fsp3) is 0.158. The smallest absolute Gasteiger partial charge is 0.119 e. The Hall–Kier alpha value is -3.06. The number of hydrogen-bond donors (Lipinski definition) is 1. The topological polar surface area (TPSA) is 61.8 Å². The summed E-state index contributed by atoms with van der Waals surface area (Å²) >= 11 is 0. The highest BCUT2D eigenvalue weighted by atomic mass is 16.3. The summed E-state index contributed by atoms with van der Waals surface area (Å²) in [7, 11) is 0. The molecule has 0 atom stereocenters. The van der Waals surface area contributed by atoms with Gasteiger partial charge in [-0.15, -0.1) is 0 Å². The van der Waals surface area contributed by atoms with Gasteiger partial charge in [-0.2, -0.15) is 10.4 Å². The molecular weight excluding hydrogens is 286 g/mol. The van der Waals surface area contributed by atoms with E-state index in [0.717, 1.165) is 28.2 Å². The number of rotatable bonds is 3. The van der Waals surface area contributed by atoms with Gasteiger partial charge in [0.1, 0.15) is 5.75 Å². The second kappa shape index (κ2) is 5.98. The molecule has 0 amide bonds. The van der Waals surface area contributed by atoms with E-state index in [1.165, 1.54) is 0 Å². The summed E-state index contributed by atoms with van der Waals surface area (Å²) in [6.45, 7) is 4.00. The molecule has 23 heavy (non-hydrogen) atoms. The van der Waals surface area contributed by atoms with Crippen LogP contribution in [0.5, 0.6) is 5.75 Å². The average Bonchev–Trinajstić information content (AvgIpc) is 2.85. The molecule has 1 N–H and O–H groups in total. The Morgan fingerprint density at radius 3 is 2.43 bits per heavy atom. The molecule has 0 saturated carbocycles. The van der Waals surface area contributed by atoms with Crippen molar-refractivity contribution in [2.75, 3.05) is 0 Å². The molecule has 4 heteroatoms. The predicted octanol–water partition coefficient (Wildman–Crippen LogP) is 3.66. The van der Waals surface area contributed by atoms with Crippen LogP contribution in [0.4, 0.5) is 0 Å². The summed E-state index contributed by atoms with van der Waals surface area (Å²) in [6.07, 6.45) is 0.640. The first-order valence-corrected chi connectivity index (χ1v) is 7.42. The number of nitrogens with zero attached hydrogens (tertiary/aromatic N) is 3. The highest BCUT2D eigenvalue weighted by molar-refractivity contribution is 5.44. The van der Waals surface area contributed by atoms with E-state index in [0.29, 0.717) is 17.7 Å². The lowest BCUT2D eigenvalue weighted by atomic mass is 10.0. The summed E-state index contributed by atoms with van der Waals surface area (Å²) in [4.78, 5) is 0. The van der Waals surface area contributed by atoms with Gasteiger partial charge in [-0.1, -0.05) is 18.2 Å². The SMILES string of the molecule is Cc1nn(-c2ccc(C#N)cc2)c(C)c1Cc1ccccc1O. The van der Waals surface area contributed by atoms with Crippen molar-refractivity contribution >= 4 is 0 Å².